The van der Waals surface area contributed by atoms with Crippen LogP contribution in [0.1, 0.15) is 43.5 Å². The fourth-order valence-corrected chi connectivity index (χ4v) is 2.76. The Balaban J connectivity index is 1.96. The molecule has 1 heterocycles. The molecule has 21 heavy (non-hydrogen) atoms. The van der Waals surface area contributed by atoms with E-state index in [0.29, 0.717) is 16.3 Å². The summed E-state index contributed by atoms with van der Waals surface area (Å²) < 4.78 is 5.50. The van der Waals surface area contributed by atoms with Crippen molar-refractivity contribution in [2.24, 2.45) is 0 Å². The summed E-state index contributed by atoms with van der Waals surface area (Å²) in [6.07, 6.45) is 3.26. The summed E-state index contributed by atoms with van der Waals surface area (Å²) >= 11 is 6.07. The molecule has 1 saturated heterocycles. The topological polar surface area (TPSA) is 46.6 Å². The first-order valence-electron chi connectivity index (χ1n) is 7.22. The molecular formula is C16H20ClNO3. The van der Waals surface area contributed by atoms with Crippen molar-refractivity contribution >= 4 is 23.3 Å². The summed E-state index contributed by atoms with van der Waals surface area (Å²) in [5.74, 6) is 0.357. The number of likely N-dealkylation sites (tertiary alicyclic amines) is 1. The van der Waals surface area contributed by atoms with E-state index in [2.05, 4.69) is 6.92 Å². The smallest absolute Gasteiger partial charge is 0.260 e. The molecule has 2 rings (SSSR count). The van der Waals surface area contributed by atoms with Crippen molar-refractivity contribution in [3.05, 3.63) is 28.8 Å². The number of Topliss-reactive ketones (excluding diaryl/α,β-unsaturated/α-hetero) is 1. The number of amides is 1. The summed E-state index contributed by atoms with van der Waals surface area (Å²) in [5.41, 5.74) is 0.531. The number of ether oxygens (including phenoxy) is 1. The number of benzene rings is 1. The summed E-state index contributed by atoms with van der Waals surface area (Å²) in [6.45, 7) is 4.31. The molecule has 0 spiro atoms. The SMILES string of the molecule is CC(=O)c1ccc(OCC(=O)N2CCCC[C@@H]2C)c(Cl)c1. The van der Waals surface area contributed by atoms with Gasteiger partial charge in [0.2, 0.25) is 0 Å². The minimum Gasteiger partial charge on any atom is -0.482 e. The van der Waals surface area contributed by atoms with Crippen LogP contribution in [0.4, 0.5) is 0 Å². The van der Waals surface area contributed by atoms with E-state index >= 15 is 0 Å². The molecule has 0 bridgehead atoms. The highest BCUT2D eigenvalue weighted by Crippen LogP contribution is 2.26. The average Bonchev–Trinajstić information content (AvgIpc) is 2.46. The summed E-state index contributed by atoms with van der Waals surface area (Å²) in [5, 5.41) is 0.349. The van der Waals surface area contributed by atoms with Gasteiger partial charge in [-0.2, -0.15) is 0 Å². The zero-order chi connectivity index (χ0) is 15.4. The van der Waals surface area contributed by atoms with E-state index in [9.17, 15) is 9.59 Å². The molecule has 1 aromatic rings. The van der Waals surface area contributed by atoms with Gasteiger partial charge in [-0.25, -0.2) is 0 Å². The van der Waals surface area contributed by atoms with Crippen LogP contribution in [0.25, 0.3) is 0 Å². The minimum absolute atomic E-state index is 0.0195. The highest BCUT2D eigenvalue weighted by Gasteiger charge is 2.23. The van der Waals surface area contributed by atoms with Gasteiger partial charge in [0, 0.05) is 18.2 Å². The number of hydrogen-bond donors (Lipinski definition) is 0. The maximum absolute atomic E-state index is 12.2. The van der Waals surface area contributed by atoms with Crippen LogP contribution in [0.15, 0.2) is 18.2 Å². The average molecular weight is 310 g/mol. The molecule has 4 nitrogen and oxygen atoms in total. The molecule has 0 radical (unpaired) electrons. The maximum Gasteiger partial charge on any atom is 0.260 e. The monoisotopic (exact) mass is 309 g/mol. The van der Waals surface area contributed by atoms with Crippen LogP contribution in [-0.2, 0) is 4.79 Å². The molecule has 0 aliphatic carbocycles. The number of nitrogens with zero attached hydrogens (tertiary/aromatic N) is 1. The fraction of sp³-hybridized carbons (Fsp3) is 0.500. The quantitative estimate of drug-likeness (QED) is 0.802. The molecule has 1 fully saturated rings. The second kappa shape index (κ2) is 6.94. The van der Waals surface area contributed by atoms with Crippen LogP contribution in [0.3, 0.4) is 0 Å². The van der Waals surface area contributed by atoms with Crippen molar-refractivity contribution in [2.45, 2.75) is 39.2 Å². The molecule has 0 unspecified atom stereocenters. The van der Waals surface area contributed by atoms with E-state index in [1.54, 1.807) is 18.2 Å². The predicted molar refractivity (Wildman–Crippen MR) is 82.0 cm³/mol. The molecule has 114 valence electrons. The molecule has 0 aromatic heterocycles. The molecule has 1 aromatic carbocycles. The predicted octanol–water partition coefficient (Wildman–Crippen LogP) is 3.32. The van der Waals surface area contributed by atoms with Crippen LogP contribution in [0.2, 0.25) is 5.02 Å². The number of carbonyl (C=O) groups is 2. The van der Waals surface area contributed by atoms with Crippen molar-refractivity contribution in [1.29, 1.82) is 0 Å². The second-order valence-corrected chi connectivity index (χ2v) is 5.83. The number of ketones is 1. The van der Waals surface area contributed by atoms with Crippen LogP contribution >= 0.6 is 11.6 Å². The van der Waals surface area contributed by atoms with Gasteiger partial charge >= 0.3 is 0 Å². The van der Waals surface area contributed by atoms with Crippen LogP contribution in [-0.4, -0.2) is 35.8 Å². The number of piperidine rings is 1. The highest BCUT2D eigenvalue weighted by atomic mass is 35.5. The van der Waals surface area contributed by atoms with Crippen molar-refractivity contribution in [1.82, 2.24) is 4.90 Å². The van der Waals surface area contributed by atoms with Gasteiger partial charge in [-0.15, -0.1) is 0 Å². The Morgan fingerprint density at radius 2 is 2.14 bits per heavy atom. The van der Waals surface area contributed by atoms with E-state index in [1.807, 2.05) is 4.90 Å². The standard InChI is InChI=1S/C16H20ClNO3/c1-11-5-3-4-8-18(11)16(20)10-21-15-7-6-13(12(2)19)9-14(15)17/h6-7,9,11H,3-5,8,10H2,1-2H3/t11-/m0/s1. The van der Waals surface area contributed by atoms with Crippen molar-refractivity contribution in [3.63, 3.8) is 0 Å². The first-order valence-corrected chi connectivity index (χ1v) is 7.59. The largest absolute Gasteiger partial charge is 0.482 e. The zero-order valence-electron chi connectivity index (χ0n) is 12.4. The van der Waals surface area contributed by atoms with Crippen LogP contribution < -0.4 is 4.74 Å². The summed E-state index contributed by atoms with van der Waals surface area (Å²) in [6, 6.07) is 5.11. The normalized spacial score (nSPS) is 18.4. The third kappa shape index (κ3) is 3.97. The van der Waals surface area contributed by atoms with Gasteiger partial charge in [-0.3, -0.25) is 9.59 Å². The van der Waals surface area contributed by atoms with Gasteiger partial charge in [-0.1, -0.05) is 11.6 Å². The molecule has 1 atom stereocenters. The van der Waals surface area contributed by atoms with E-state index in [-0.39, 0.29) is 24.3 Å². The third-order valence-electron chi connectivity index (χ3n) is 3.81. The van der Waals surface area contributed by atoms with Gasteiger partial charge in [0.25, 0.3) is 5.91 Å². The van der Waals surface area contributed by atoms with E-state index in [1.165, 1.54) is 13.3 Å². The van der Waals surface area contributed by atoms with Gasteiger partial charge in [0.15, 0.2) is 12.4 Å². The molecule has 0 saturated carbocycles. The number of hydrogen-bond acceptors (Lipinski definition) is 3. The first kappa shape index (κ1) is 15.8. The van der Waals surface area contributed by atoms with Crippen LogP contribution in [0.5, 0.6) is 5.75 Å². The lowest BCUT2D eigenvalue weighted by atomic mass is 10.0. The Labute approximate surface area is 130 Å². The summed E-state index contributed by atoms with van der Waals surface area (Å²) in [7, 11) is 0. The lowest BCUT2D eigenvalue weighted by Gasteiger charge is -2.33. The molecule has 5 heteroatoms. The Bertz CT molecular complexity index is 544. The summed E-state index contributed by atoms with van der Waals surface area (Å²) in [4.78, 5) is 25.3. The van der Waals surface area contributed by atoms with E-state index < -0.39 is 0 Å². The first-order chi connectivity index (χ1) is 9.99. The molecule has 0 N–H and O–H groups in total. The fourth-order valence-electron chi connectivity index (χ4n) is 2.53. The van der Waals surface area contributed by atoms with E-state index in [4.69, 9.17) is 16.3 Å². The Hall–Kier alpha value is -1.55. The van der Waals surface area contributed by atoms with Gasteiger partial charge in [-0.05, 0) is 51.3 Å². The Morgan fingerprint density at radius 3 is 2.76 bits per heavy atom. The number of carbonyl (C=O) groups excluding carboxylic acids is 2. The maximum atomic E-state index is 12.2. The number of rotatable bonds is 4. The van der Waals surface area contributed by atoms with Crippen LogP contribution in [0, 0.1) is 0 Å². The lowest BCUT2D eigenvalue weighted by molar-refractivity contribution is -0.136. The highest BCUT2D eigenvalue weighted by molar-refractivity contribution is 6.32. The van der Waals surface area contributed by atoms with Gasteiger partial charge < -0.3 is 9.64 Å². The van der Waals surface area contributed by atoms with Crippen molar-refractivity contribution < 1.29 is 14.3 Å². The Kier molecular flexibility index (Phi) is 5.23. The zero-order valence-corrected chi connectivity index (χ0v) is 13.2. The number of halogens is 1. The Morgan fingerprint density at radius 1 is 1.38 bits per heavy atom. The van der Waals surface area contributed by atoms with Gasteiger partial charge in [0.05, 0.1) is 5.02 Å². The molecule has 1 aliphatic heterocycles. The molecular weight excluding hydrogens is 290 g/mol. The minimum atomic E-state index is -0.0540. The van der Waals surface area contributed by atoms with Crippen molar-refractivity contribution in [2.75, 3.05) is 13.2 Å². The van der Waals surface area contributed by atoms with Gasteiger partial charge in [0.1, 0.15) is 5.75 Å². The molecule has 1 aliphatic rings. The van der Waals surface area contributed by atoms with E-state index in [0.717, 1.165) is 19.4 Å². The second-order valence-electron chi connectivity index (χ2n) is 5.42. The lowest BCUT2D eigenvalue weighted by Crippen LogP contribution is -2.44. The molecule has 1 amide bonds. The third-order valence-corrected chi connectivity index (χ3v) is 4.11. The van der Waals surface area contributed by atoms with Crippen molar-refractivity contribution in [3.8, 4) is 5.75 Å².